The van der Waals surface area contributed by atoms with Crippen molar-refractivity contribution < 1.29 is 24.6 Å². The van der Waals surface area contributed by atoms with E-state index in [4.69, 9.17) is 4.84 Å². The first-order valence-corrected chi connectivity index (χ1v) is 17.2. The standard InChI is InChI=1S/C37H52N4O5/c1-23-30-19-29(37(30,3)4)20-31(23)38-35(44)34-33(24(2)43)32(22-42)46-41(34)21-25-9-6-10-26(17-25)27-11-7-12-28(18-27)36(45)40-14-8-13-39(5)15-16-40/h6-7,9-12,17-18,23-24,29-34,42-43H,8,13-16,19-22H2,1-5H3,(H,38,44)/t23-,24-,29+,30-,31-,32?,33+,34-/m0/s1. The Morgan fingerprint density at radius 2 is 1.78 bits per heavy atom. The van der Waals surface area contributed by atoms with Crippen LogP contribution < -0.4 is 5.32 Å². The maximum Gasteiger partial charge on any atom is 0.253 e. The average Bonchev–Trinajstić information content (AvgIpc) is 3.27. The molecule has 1 unspecified atom stereocenters. The van der Waals surface area contributed by atoms with Crippen molar-refractivity contribution in [2.45, 2.75) is 77.8 Å². The van der Waals surface area contributed by atoms with Crippen LogP contribution in [0.15, 0.2) is 48.5 Å². The van der Waals surface area contributed by atoms with Gasteiger partial charge in [-0.2, -0.15) is 5.06 Å². The van der Waals surface area contributed by atoms with E-state index >= 15 is 0 Å². The zero-order chi connectivity index (χ0) is 32.7. The van der Waals surface area contributed by atoms with Crippen LogP contribution >= 0.6 is 0 Å². The Balaban J connectivity index is 1.19. The summed E-state index contributed by atoms with van der Waals surface area (Å²) >= 11 is 0. The molecule has 0 spiro atoms. The number of likely N-dealkylation sites (N-methyl/N-ethyl adjacent to an activating group) is 1. The largest absolute Gasteiger partial charge is 0.394 e. The van der Waals surface area contributed by atoms with Crippen LogP contribution in [0.25, 0.3) is 11.1 Å². The van der Waals surface area contributed by atoms with E-state index < -0.39 is 24.2 Å². The van der Waals surface area contributed by atoms with Crippen LogP contribution in [0.1, 0.15) is 62.9 Å². The second kappa shape index (κ2) is 13.4. The lowest BCUT2D eigenvalue weighted by Crippen LogP contribution is -2.62. The van der Waals surface area contributed by atoms with Crippen molar-refractivity contribution in [2.24, 2.45) is 29.1 Å². The molecule has 9 heteroatoms. The van der Waals surface area contributed by atoms with E-state index in [2.05, 4.69) is 44.1 Å². The number of rotatable bonds is 8. The summed E-state index contributed by atoms with van der Waals surface area (Å²) < 4.78 is 0. The predicted octanol–water partition coefficient (Wildman–Crippen LogP) is 3.79. The number of hydrogen-bond donors (Lipinski definition) is 3. The monoisotopic (exact) mass is 632 g/mol. The topological polar surface area (TPSA) is 106 Å². The van der Waals surface area contributed by atoms with Crippen LogP contribution in [0.4, 0.5) is 0 Å². The van der Waals surface area contributed by atoms with Gasteiger partial charge in [0.25, 0.3) is 5.91 Å². The first kappa shape index (κ1) is 33.1. The molecular weight excluding hydrogens is 580 g/mol. The van der Waals surface area contributed by atoms with Gasteiger partial charge in [-0.15, -0.1) is 0 Å². The van der Waals surface area contributed by atoms with Gasteiger partial charge in [0.05, 0.1) is 19.3 Å². The molecule has 2 aliphatic heterocycles. The molecule has 2 saturated heterocycles. The van der Waals surface area contributed by atoms with E-state index in [-0.39, 0.29) is 24.5 Å². The van der Waals surface area contributed by atoms with Crippen molar-refractivity contribution in [1.29, 1.82) is 0 Å². The summed E-state index contributed by atoms with van der Waals surface area (Å²) in [4.78, 5) is 37.8. The van der Waals surface area contributed by atoms with Gasteiger partial charge in [0.15, 0.2) is 0 Å². The van der Waals surface area contributed by atoms with Crippen molar-refractivity contribution in [3.63, 3.8) is 0 Å². The van der Waals surface area contributed by atoms with Crippen molar-refractivity contribution in [1.82, 2.24) is 20.2 Å². The molecule has 2 bridgehead atoms. The predicted molar refractivity (Wildman–Crippen MR) is 177 cm³/mol. The fourth-order valence-corrected chi connectivity index (χ4v) is 8.78. The third kappa shape index (κ3) is 6.37. The summed E-state index contributed by atoms with van der Waals surface area (Å²) in [6, 6.07) is 15.2. The molecule has 2 aromatic rings. The summed E-state index contributed by atoms with van der Waals surface area (Å²) in [6.07, 6.45) is 1.63. The molecule has 3 saturated carbocycles. The molecule has 3 aliphatic carbocycles. The van der Waals surface area contributed by atoms with Crippen LogP contribution in [-0.2, 0) is 16.2 Å². The smallest absolute Gasteiger partial charge is 0.253 e. The van der Waals surface area contributed by atoms with Crippen LogP contribution in [0, 0.1) is 29.1 Å². The normalized spacial score (nSPS) is 32.0. The van der Waals surface area contributed by atoms with Gasteiger partial charge in [-0.1, -0.05) is 51.1 Å². The quantitative estimate of drug-likeness (QED) is 0.407. The second-order valence-corrected chi connectivity index (χ2v) is 15.0. The molecule has 250 valence electrons. The number of nitrogens with one attached hydrogen (secondary N) is 1. The van der Waals surface area contributed by atoms with Crippen molar-refractivity contribution in [3.8, 4) is 11.1 Å². The molecule has 2 amide bonds. The fraction of sp³-hybridized carbons (Fsp3) is 0.622. The third-order valence-electron chi connectivity index (χ3n) is 11.8. The van der Waals surface area contributed by atoms with Crippen molar-refractivity contribution in [2.75, 3.05) is 39.8 Å². The van der Waals surface area contributed by atoms with E-state index in [0.717, 1.165) is 55.7 Å². The minimum atomic E-state index is -0.842. The van der Waals surface area contributed by atoms with Crippen LogP contribution in [0.5, 0.6) is 0 Å². The van der Waals surface area contributed by atoms with E-state index in [9.17, 15) is 19.8 Å². The Kier molecular flexibility index (Phi) is 9.61. The number of aliphatic hydroxyl groups is 2. The molecular formula is C37H52N4O5. The Labute approximate surface area is 273 Å². The Bertz CT molecular complexity index is 1410. The lowest BCUT2D eigenvalue weighted by atomic mass is 9.45. The van der Waals surface area contributed by atoms with Crippen molar-refractivity contribution >= 4 is 11.8 Å². The summed E-state index contributed by atoms with van der Waals surface area (Å²) in [5.41, 5.74) is 3.83. The number of hydrogen-bond acceptors (Lipinski definition) is 7. The first-order valence-electron chi connectivity index (χ1n) is 17.2. The minimum Gasteiger partial charge on any atom is -0.394 e. The first-order chi connectivity index (χ1) is 22.0. The Morgan fingerprint density at radius 3 is 2.48 bits per heavy atom. The molecule has 7 rings (SSSR count). The fourth-order valence-electron chi connectivity index (χ4n) is 8.78. The van der Waals surface area contributed by atoms with Crippen molar-refractivity contribution in [3.05, 3.63) is 59.7 Å². The molecule has 2 heterocycles. The molecule has 8 atom stereocenters. The molecule has 46 heavy (non-hydrogen) atoms. The van der Waals surface area contributed by atoms with Gasteiger partial charge in [0.2, 0.25) is 5.91 Å². The number of nitrogens with zero attached hydrogens (tertiary/aromatic N) is 3. The summed E-state index contributed by atoms with van der Waals surface area (Å²) in [6.45, 7) is 12.0. The van der Waals surface area contributed by atoms with Gasteiger partial charge >= 0.3 is 0 Å². The molecule has 5 aliphatic rings. The van der Waals surface area contributed by atoms with Gasteiger partial charge in [-0.25, -0.2) is 0 Å². The number of hydroxylamine groups is 2. The van der Waals surface area contributed by atoms with Crippen LogP contribution in [0.3, 0.4) is 0 Å². The average molecular weight is 633 g/mol. The summed E-state index contributed by atoms with van der Waals surface area (Å²) in [7, 11) is 2.09. The number of benzene rings is 2. The Hall–Kier alpha value is -2.82. The van der Waals surface area contributed by atoms with E-state index in [1.807, 2.05) is 47.4 Å². The van der Waals surface area contributed by atoms with Crippen LogP contribution in [-0.4, -0.2) is 101 Å². The minimum absolute atomic E-state index is 0.0555. The van der Waals surface area contributed by atoms with Crippen LogP contribution in [0.2, 0.25) is 0 Å². The SMILES string of the molecule is C[C@@H]1[C@@H](NC(=O)[C@@H]2[C@H]([C@H](C)O)C(CO)ON2Cc2cccc(-c3cccc(C(=O)N4CCCN(C)CC4)c3)c2)C[C@H]2C[C@@H]1C2(C)C. The number of carbonyl (C=O) groups is 2. The molecule has 3 N–H and O–H groups in total. The van der Waals surface area contributed by atoms with Gasteiger partial charge < -0.3 is 25.3 Å². The van der Waals surface area contributed by atoms with Gasteiger partial charge in [0.1, 0.15) is 12.1 Å². The maximum absolute atomic E-state index is 14.0. The molecule has 0 radical (unpaired) electrons. The summed E-state index contributed by atoms with van der Waals surface area (Å²) in [5.74, 6) is 0.904. The molecule has 0 aromatic heterocycles. The summed E-state index contributed by atoms with van der Waals surface area (Å²) in [5, 5.41) is 26.0. The molecule has 2 aromatic carbocycles. The number of amides is 2. The number of aliphatic hydroxyl groups excluding tert-OH is 2. The lowest BCUT2D eigenvalue weighted by Gasteiger charge is -2.62. The Morgan fingerprint density at radius 1 is 1.04 bits per heavy atom. The van der Waals surface area contributed by atoms with Gasteiger partial charge in [-0.3, -0.25) is 14.4 Å². The second-order valence-electron chi connectivity index (χ2n) is 15.0. The third-order valence-corrected chi connectivity index (χ3v) is 11.8. The number of fused-ring (bicyclic) bond motifs is 2. The number of carbonyl (C=O) groups excluding carboxylic acids is 2. The highest BCUT2D eigenvalue weighted by molar-refractivity contribution is 5.95. The van der Waals surface area contributed by atoms with E-state index in [1.54, 1.807) is 12.0 Å². The highest BCUT2D eigenvalue weighted by Gasteiger charge is 2.57. The molecule has 9 nitrogen and oxygen atoms in total. The maximum atomic E-state index is 14.0. The highest BCUT2D eigenvalue weighted by Crippen LogP contribution is 2.61. The highest BCUT2D eigenvalue weighted by atomic mass is 16.7. The van der Waals surface area contributed by atoms with Gasteiger partial charge in [-0.05, 0) is 97.8 Å². The van der Waals surface area contributed by atoms with E-state index in [0.29, 0.717) is 35.3 Å². The van der Waals surface area contributed by atoms with Gasteiger partial charge in [0, 0.05) is 37.2 Å². The zero-order valence-corrected chi connectivity index (χ0v) is 28.1. The zero-order valence-electron chi connectivity index (χ0n) is 28.1. The van der Waals surface area contributed by atoms with E-state index in [1.165, 1.54) is 6.42 Å². The lowest BCUT2D eigenvalue weighted by molar-refractivity contribution is -0.183. The molecule has 5 fully saturated rings.